The number of ether oxygens (including phenoxy) is 2. The van der Waals surface area contributed by atoms with Gasteiger partial charge in [-0.3, -0.25) is 9.59 Å². The number of amides is 2. The molecule has 0 saturated carbocycles. The number of rotatable bonds is 10. The quantitative estimate of drug-likeness (QED) is 0.229. The van der Waals surface area contributed by atoms with Gasteiger partial charge in [0.2, 0.25) is 5.91 Å². The van der Waals surface area contributed by atoms with Crippen molar-refractivity contribution in [1.82, 2.24) is 9.88 Å². The number of anilines is 1. The Hall–Kier alpha value is -3.33. The smallest absolute Gasteiger partial charge is 0.252 e. The molecule has 2 N–H and O–H groups in total. The molecule has 10 heteroatoms. The van der Waals surface area contributed by atoms with Gasteiger partial charge in [-0.25, -0.2) is 0 Å². The molecule has 0 radical (unpaired) electrons. The van der Waals surface area contributed by atoms with E-state index in [0.29, 0.717) is 45.9 Å². The van der Waals surface area contributed by atoms with E-state index in [4.69, 9.17) is 32.7 Å². The van der Waals surface area contributed by atoms with Crippen molar-refractivity contribution in [3.63, 3.8) is 0 Å². The second-order valence-electron chi connectivity index (χ2n) is 7.99. The zero-order valence-electron chi connectivity index (χ0n) is 20.2. The van der Waals surface area contributed by atoms with E-state index in [-0.39, 0.29) is 17.6 Å². The Morgan fingerprint density at radius 3 is 2.57 bits per heavy atom. The first-order chi connectivity index (χ1) is 17.9. The van der Waals surface area contributed by atoms with Crippen molar-refractivity contribution in [1.29, 1.82) is 0 Å². The van der Waals surface area contributed by atoms with Gasteiger partial charge in [-0.1, -0.05) is 41.4 Å². The molecule has 4 aromatic rings. The molecule has 0 spiro atoms. The highest BCUT2D eigenvalue weighted by Crippen LogP contribution is 2.32. The van der Waals surface area contributed by atoms with Crippen molar-refractivity contribution in [2.45, 2.75) is 11.4 Å². The van der Waals surface area contributed by atoms with Crippen molar-refractivity contribution < 1.29 is 19.1 Å². The lowest BCUT2D eigenvalue weighted by Crippen LogP contribution is -2.27. The van der Waals surface area contributed by atoms with Crippen molar-refractivity contribution in [3.05, 3.63) is 82.5 Å². The molecule has 192 valence electrons. The number of thioether (sulfide) groups is 1. The summed E-state index contributed by atoms with van der Waals surface area (Å²) in [5, 5.41) is 7.61. The van der Waals surface area contributed by atoms with E-state index in [1.165, 1.54) is 11.8 Å². The summed E-state index contributed by atoms with van der Waals surface area (Å²) < 4.78 is 12.6. The Morgan fingerprint density at radius 1 is 1.00 bits per heavy atom. The predicted molar refractivity (Wildman–Crippen MR) is 150 cm³/mol. The van der Waals surface area contributed by atoms with Crippen LogP contribution in [0.2, 0.25) is 10.0 Å². The zero-order valence-corrected chi connectivity index (χ0v) is 22.5. The highest BCUT2D eigenvalue weighted by Gasteiger charge is 2.14. The lowest BCUT2D eigenvalue weighted by molar-refractivity contribution is -0.113. The van der Waals surface area contributed by atoms with Gasteiger partial charge in [0.05, 0.1) is 36.2 Å². The Balaban J connectivity index is 1.39. The number of carbonyl (C=O) groups is 2. The number of hydrogen-bond donors (Lipinski definition) is 2. The maximum absolute atomic E-state index is 12.7. The largest absolute Gasteiger partial charge is 0.497 e. The average Bonchev–Trinajstić information content (AvgIpc) is 3.25. The molecule has 7 nitrogen and oxygen atoms in total. The summed E-state index contributed by atoms with van der Waals surface area (Å²) in [4.78, 5) is 26.2. The van der Waals surface area contributed by atoms with Crippen LogP contribution >= 0.6 is 35.0 Å². The molecular formula is C27H25Cl2N3O4S. The molecule has 0 saturated heterocycles. The molecule has 0 fully saturated rings. The number of benzene rings is 3. The van der Waals surface area contributed by atoms with E-state index in [0.717, 1.165) is 15.8 Å². The van der Waals surface area contributed by atoms with E-state index in [1.54, 1.807) is 50.6 Å². The van der Waals surface area contributed by atoms with Crippen LogP contribution < -0.4 is 20.1 Å². The molecule has 1 aromatic heterocycles. The van der Waals surface area contributed by atoms with Crippen LogP contribution in [0.5, 0.6) is 11.5 Å². The first-order valence-electron chi connectivity index (χ1n) is 11.4. The summed E-state index contributed by atoms with van der Waals surface area (Å²) in [6.07, 6.45) is 2.00. The molecule has 1 heterocycles. The van der Waals surface area contributed by atoms with E-state index < -0.39 is 0 Å². The fourth-order valence-electron chi connectivity index (χ4n) is 3.80. The number of para-hydroxylation sites is 1. The number of fused-ring (bicyclic) bond motifs is 1. The molecule has 0 aliphatic carbocycles. The lowest BCUT2D eigenvalue weighted by Gasteiger charge is -2.11. The van der Waals surface area contributed by atoms with Crippen molar-refractivity contribution >= 4 is 63.4 Å². The van der Waals surface area contributed by atoms with E-state index in [9.17, 15) is 9.59 Å². The van der Waals surface area contributed by atoms with Crippen molar-refractivity contribution in [2.24, 2.45) is 0 Å². The lowest BCUT2D eigenvalue weighted by atomic mass is 10.2. The third kappa shape index (κ3) is 6.52. The van der Waals surface area contributed by atoms with Crippen LogP contribution in [-0.4, -0.2) is 42.9 Å². The molecule has 0 bridgehead atoms. The fourth-order valence-corrected chi connectivity index (χ4v) is 5.19. The number of methoxy groups -OCH3 is 2. The van der Waals surface area contributed by atoms with Gasteiger partial charge in [0, 0.05) is 46.2 Å². The van der Waals surface area contributed by atoms with Gasteiger partial charge in [0.25, 0.3) is 5.91 Å². The molecular weight excluding hydrogens is 533 g/mol. The summed E-state index contributed by atoms with van der Waals surface area (Å²) in [6.45, 7) is 0.950. The highest BCUT2D eigenvalue weighted by atomic mass is 35.5. The van der Waals surface area contributed by atoms with E-state index >= 15 is 0 Å². The van der Waals surface area contributed by atoms with Crippen molar-refractivity contribution in [2.75, 3.05) is 31.8 Å². The van der Waals surface area contributed by atoms with Gasteiger partial charge < -0.3 is 24.7 Å². The van der Waals surface area contributed by atoms with Gasteiger partial charge in [-0.2, -0.15) is 0 Å². The highest BCUT2D eigenvalue weighted by molar-refractivity contribution is 8.00. The number of nitrogens with one attached hydrogen (secondary N) is 2. The predicted octanol–water partition coefficient (Wildman–Crippen LogP) is 6.13. The minimum absolute atomic E-state index is 0.155. The molecule has 0 atom stereocenters. The zero-order chi connectivity index (χ0) is 26.4. The molecule has 2 amide bonds. The topological polar surface area (TPSA) is 81.6 Å². The summed E-state index contributed by atoms with van der Waals surface area (Å²) >= 11 is 13.5. The average molecular weight is 558 g/mol. The van der Waals surface area contributed by atoms with Crippen LogP contribution in [0.25, 0.3) is 10.9 Å². The molecule has 37 heavy (non-hydrogen) atoms. The number of nitrogens with zero attached hydrogens (tertiary/aromatic N) is 1. The van der Waals surface area contributed by atoms with Gasteiger partial charge in [0.1, 0.15) is 11.5 Å². The Bertz CT molecular complexity index is 1440. The van der Waals surface area contributed by atoms with E-state index in [2.05, 4.69) is 15.2 Å². The van der Waals surface area contributed by atoms with Crippen LogP contribution in [-0.2, 0) is 11.3 Å². The van der Waals surface area contributed by atoms with Crippen LogP contribution in [0.1, 0.15) is 10.4 Å². The third-order valence-corrected chi connectivity index (χ3v) is 7.20. The number of aromatic nitrogens is 1. The molecule has 0 aliphatic heterocycles. The van der Waals surface area contributed by atoms with Crippen LogP contribution in [0, 0.1) is 0 Å². The third-order valence-electron chi connectivity index (χ3n) is 5.61. The van der Waals surface area contributed by atoms with Gasteiger partial charge in [-0.05, 0) is 36.4 Å². The van der Waals surface area contributed by atoms with Gasteiger partial charge in [0.15, 0.2) is 0 Å². The maximum atomic E-state index is 12.7. The Morgan fingerprint density at radius 2 is 1.81 bits per heavy atom. The van der Waals surface area contributed by atoms with Crippen LogP contribution in [0.3, 0.4) is 0 Å². The second kappa shape index (κ2) is 12.3. The monoisotopic (exact) mass is 557 g/mol. The normalized spacial score (nSPS) is 10.8. The van der Waals surface area contributed by atoms with Gasteiger partial charge >= 0.3 is 0 Å². The van der Waals surface area contributed by atoms with Gasteiger partial charge in [-0.15, -0.1) is 11.8 Å². The SMILES string of the molecule is COc1ccc(NC(=O)CSc2cn(CCNC(=O)c3ccc(Cl)cc3Cl)c3ccccc23)c(OC)c1. The number of carbonyl (C=O) groups excluding carboxylic acids is 2. The fraction of sp³-hybridized carbons (Fsp3) is 0.185. The summed E-state index contributed by atoms with van der Waals surface area (Å²) in [7, 11) is 3.11. The second-order valence-corrected chi connectivity index (χ2v) is 9.85. The molecule has 0 aliphatic rings. The molecule has 0 unspecified atom stereocenters. The minimum atomic E-state index is -0.265. The first kappa shape index (κ1) is 26.7. The number of hydrogen-bond acceptors (Lipinski definition) is 5. The molecule has 3 aromatic carbocycles. The maximum Gasteiger partial charge on any atom is 0.252 e. The Kier molecular flexibility index (Phi) is 8.87. The summed E-state index contributed by atoms with van der Waals surface area (Å²) in [5.41, 5.74) is 1.97. The standard InChI is InChI=1S/C27H25Cl2N3O4S/c1-35-18-8-10-22(24(14-18)36-2)31-26(33)16-37-25-15-32(23-6-4-3-5-20(23)25)12-11-30-27(34)19-9-7-17(28)13-21(19)29/h3-10,13-15H,11-12,16H2,1-2H3,(H,30,34)(H,31,33). The summed E-state index contributed by atoms with van der Waals surface area (Å²) in [5.74, 6) is 0.964. The Labute approximate surface area is 229 Å². The molecule has 4 rings (SSSR count). The first-order valence-corrected chi connectivity index (χ1v) is 13.1. The summed E-state index contributed by atoms with van der Waals surface area (Å²) in [6, 6.07) is 18.0. The minimum Gasteiger partial charge on any atom is -0.497 e. The van der Waals surface area contributed by atoms with Crippen LogP contribution in [0.15, 0.2) is 71.8 Å². The van der Waals surface area contributed by atoms with E-state index in [1.807, 2.05) is 30.5 Å². The van der Waals surface area contributed by atoms with Crippen LogP contribution in [0.4, 0.5) is 5.69 Å². The number of halogens is 2. The van der Waals surface area contributed by atoms with Crippen molar-refractivity contribution in [3.8, 4) is 11.5 Å².